The lowest BCUT2D eigenvalue weighted by molar-refractivity contribution is 0.0645. The molecule has 5 rings (SSSR count). The van der Waals surface area contributed by atoms with Crippen LogP contribution in [0.25, 0.3) is 11.4 Å². The van der Waals surface area contributed by atoms with Gasteiger partial charge in [0.05, 0.1) is 11.1 Å². The number of fused-ring (bicyclic) bond motifs is 1. The van der Waals surface area contributed by atoms with E-state index in [0.717, 1.165) is 44.5 Å². The largest absolute Gasteiger partial charge is 0.339 e. The summed E-state index contributed by atoms with van der Waals surface area (Å²) in [5.41, 5.74) is 1.88. The summed E-state index contributed by atoms with van der Waals surface area (Å²) < 4.78 is 5.51. The zero-order valence-electron chi connectivity index (χ0n) is 17.1. The van der Waals surface area contributed by atoms with E-state index in [1.807, 2.05) is 12.1 Å². The summed E-state index contributed by atoms with van der Waals surface area (Å²) in [5.74, 6) is 1.15. The molecule has 3 aromatic rings. The summed E-state index contributed by atoms with van der Waals surface area (Å²) in [5, 5.41) is 4.10. The summed E-state index contributed by atoms with van der Waals surface area (Å²) in [6, 6.07) is 10.8. The number of aromatic nitrogens is 3. The highest BCUT2D eigenvalue weighted by molar-refractivity contribution is 6.21. The maximum Gasteiger partial charge on any atom is 0.261 e. The Kier molecular flexibility index (Phi) is 5.30. The Labute approximate surface area is 179 Å². The molecule has 8 heteroatoms. The number of nitrogens with zero attached hydrogens (tertiary/aromatic N) is 5. The van der Waals surface area contributed by atoms with Crippen LogP contribution in [-0.2, 0) is 0 Å². The van der Waals surface area contributed by atoms with E-state index in [-0.39, 0.29) is 17.7 Å². The smallest absolute Gasteiger partial charge is 0.261 e. The second-order valence-corrected chi connectivity index (χ2v) is 7.97. The van der Waals surface area contributed by atoms with Crippen molar-refractivity contribution in [1.29, 1.82) is 0 Å². The van der Waals surface area contributed by atoms with Crippen molar-refractivity contribution in [3.05, 3.63) is 65.8 Å². The molecule has 1 aromatic carbocycles. The summed E-state index contributed by atoms with van der Waals surface area (Å²) >= 11 is 0. The van der Waals surface area contributed by atoms with Gasteiger partial charge < -0.3 is 9.42 Å². The fourth-order valence-electron chi connectivity index (χ4n) is 4.31. The van der Waals surface area contributed by atoms with Gasteiger partial charge in [0.1, 0.15) is 0 Å². The highest BCUT2D eigenvalue weighted by Gasteiger charge is 2.34. The molecule has 2 aliphatic heterocycles. The quantitative estimate of drug-likeness (QED) is 0.569. The van der Waals surface area contributed by atoms with Crippen LogP contribution < -0.4 is 0 Å². The molecular weight excluding hydrogens is 394 g/mol. The normalized spacial score (nSPS) is 17.4. The molecule has 0 unspecified atom stereocenters. The van der Waals surface area contributed by atoms with Crippen LogP contribution in [-0.4, -0.2) is 62.9 Å². The van der Waals surface area contributed by atoms with Crippen molar-refractivity contribution in [1.82, 2.24) is 24.9 Å². The third kappa shape index (κ3) is 3.86. The molecule has 0 atom stereocenters. The molecule has 31 heavy (non-hydrogen) atoms. The van der Waals surface area contributed by atoms with Gasteiger partial charge in [0, 0.05) is 30.4 Å². The first-order chi connectivity index (χ1) is 15.2. The molecule has 2 aromatic heterocycles. The van der Waals surface area contributed by atoms with Crippen LogP contribution in [0.5, 0.6) is 0 Å². The predicted octanol–water partition coefficient (Wildman–Crippen LogP) is 3.00. The number of carbonyl (C=O) groups is 2. The SMILES string of the molecule is O=C1c2ccccc2C(=O)N1CCCN1CCC(c2nc(-c3cccnc3)no2)CC1. The Morgan fingerprint density at radius 1 is 0.968 bits per heavy atom. The molecule has 0 radical (unpaired) electrons. The van der Waals surface area contributed by atoms with Crippen molar-refractivity contribution >= 4 is 11.8 Å². The first-order valence-electron chi connectivity index (χ1n) is 10.6. The number of hydrogen-bond donors (Lipinski definition) is 0. The van der Waals surface area contributed by atoms with Gasteiger partial charge in [-0.3, -0.25) is 19.5 Å². The lowest BCUT2D eigenvalue weighted by Gasteiger charge is -2.30. The molecule has 0 saturated carbocycles. The number of likely N-dealkylation sites (tertiary alicyclic amines) is 1. The van der Waals surface area contributed by atoms with E-state index < -0.39 is 0 Å². The van der Waals surface area contributed by atoms with Crippen LogP contribution in [0.4, 0.5) is 0 Å². The number of benzene rings is 1. The number of piperidine rings is 1. The molecule has 0 aliphatic carbocycles. The highest BCUT2D eigenvalue weighted by atomic mass is 16.5. The van der Waals surface area contributed by atoms with Crippen LogP contribution in [0, 0.1) is 0 Å². The fourth-order valence-corrected chi connectivity index (χ4v) is 4.31. The number of amides is 2. The molecule has 0 bridgehead atoms. The average Bonchev–Trinajstić information content (AvgIpc) is 3.40. The summed E-state index contributed by atoms with van der Waals surface area (Å²) in [6.45, 7) is 3.16. The molecule has 158 valence electrons. The lowest BCUT2D eigenvalue weighted by Crippen LogP contribution is -2.37. The third-order valence-corrected chi connectivity index (χ3v) is 6.03. The Balaban J connectivity index is 1.10. The summed E-state index contributed by atoms with van der Waals surface area (Å²) in [4.78, 5) is 37.3. The third-order valence-electron chi connectivity index (χ3n) is 6.03. The van der Waals surface area contributed by atoms with E-state index in [4.69, 9.17) is 4.52 Å². The van der Waals surface area contributed by atoms with E-state index in [0.29, 0.717) is 29.4 Å². The first kappa shape index (κ1) is 19.6. The Hall–Kier alpha value is -3.39. The van der Waals surface area contributed by atoms with Crippen LogP contribution in [0.3, 0.4) is 0 Å². The molecular formula is C23H23N5O3. The number of pyridine rings is 1. The van der Waals surface area contributed by atoms with E-state index in [1.54, 1.807) is 36.7 Å². The van der Waals surface area contributed by atoms with E-state index in [2.05, 4.69) is 20.0 Å². The maximum absolute atomic E-state index is 12.5. The van der Waals surface area contributed by atoms with Crippen LogP contribution in [0.1, 0.15) is 51.8 Å². The Morgan fingerprint density at radius 2 is 1.71 bits per heavy atom. The second kappa shape index (κ2) is 8.39. The van der Waals surface area contributed by atoms with Gasteiger partial charge in [0.15, 0.2) is 0 Å². The van der Waals surface area contributed by atoms with Gasteiger partial charge in [-0.25, -0.2) is 0 Å². The minimum Gasteiger partial charge on any atom is -0.339 e. The Morgan fingerprint density at radius 3 is 2.39 bits per heavy atom. The van der Waals surface area contributed by atoms with Crippen molar-refractivity contribution in [2.75, 3.05) is 26.2 Å². The monoisotopic (exact) mass is 417 g/mol. The number of hydrogen-bond acceptors (Lipinski definition) is 7. The maximum atomic E-state index is 12.5. The van der Waals surface area contributed by atoms with Crippen molar-refractivity contribution < 1.29 is 14.1 Å². The second-order valence-electron chi connectivity index (χ2n) is 7.97. The van der Waals surface area contributed by atoms with Crippen molar-refractivity contribution in [3.63, 3.8) is 0 Å². The van der Waals surface area contributed by atoms with Gasteiger partial charge >= 0.3 is 0 Å². The minimum atomic E-state index is -0.180. The van der Waals surface area contributed by atoms with E-state index in [1.165, 1.54) is 4.90 Å². The molecule has 8 nitrogen and oxygen atoms in total. The molecule has 2 aliphatic rings. The van der Waals surface area contributed by atoms with Crippen LogP contribution in [0.2, 0.25) is 0 Å². The van der Waals surface area contributed by atoms with Gasteiger partial charge in [-0.05, 0) is 63.2 Å². The minimum absolute atomic E-state index is 0.180. The first-order valence-corrected chi connectivity index (χ1v) is 10.6. The van der Waals surface area contributed by atoms with Gasteiger partial charge in [0.2, 0.25) is 11.7 Å². The summed E-state index contributed by atoms with van der Waals surface area (Å²) in [6.07, 6.45) is 6.10. The zero-order chi connectivity index (χ0) is 21.2. The molecule has 0 spiro atoms. The van der Waals surface area contributed by atoms with Crippen LogP contribution >= 0.6 is 0 Å². The van der Waals surface area contributed by atoms with Crippen LogP contribution in [0.15, 0.2) is 53.3 Å². The fraction of sp³-hybridized carbons (Fsp3) is 0.348. The lowest BCUT2D eigenvalue weighted by atomic mass is 9.96. The number of carbonyl (C=O) groups excluding carboxylic acids is 2. The molecule has 1 fully saturated rings. The molecule has 0 N–H and O–H groups in total. The van der Waals surface area contributed by atoms with Crippen molar-refractivity contribution in [3.8, 4) is 11.4 Å². The molecule has 4 heterocycles. The molecule has 1 saturated heterocycles. The zero-order valence-corrected chi connectivity index (χ0v) is 17.1. The number of imide groups is 1. The standard InChI is InChI=1S/C23H23N5O3/c29-22-18-6-1-2-7-19(18)23(30)28(22)12-4-11-27-13-8-16(9-14-27)21-25-20(26-31-21)17-5-3-10-24-15-17/h1-3,5-7,10,15-16H,4,8-9,11-14H2. The predicted molar refractivity (Wildman–Crippen MR) is 112 cm³/mol. The topological polar surface area (TPSA) is 92.4 Å². The van der Waals surface area contributed by atoms with Crippen molar-refractivity contribution in [2.24, 2.45) is 0 Å². The van der Waals surface area contributed by atoms with Gasteiger partial charge in [-0.15, -0.1) is 0 Å². The average molecular weight is 417 g/mol. The summed E-state index contributed by atoms with van der Waals surface area (Å²) in [7, 11) is 0. The Bertz CT molecular complexity index is 1050. The van der Waals surface area contributed by atoms with Crippen molar-refractivity contribution in [2.45, 2.75) is 25.2 Å². The van der Waals surface area contributed by atoms with Gasteiger partial charge in [-0.2, -0.15) is 4.98 Å². The highest BCUT2D eigenvalue weighted by Crippen LogP contribution is 2.28. The van der Waals surface area contributed by atoms with E-state index >= 15 is 0 Å². The molecule has 2 amide bonds. The van der Waals surface area contributed by atoms with E-state index in [9.17, 15) is 9.59 Å². The number of rotatable bonds is 6. The van der Waals surface area contributed by atoms with Gasteiger partial charge in [-0.1, -0.05) is 17.3 Å². The van der Waals surface area contributed by atoms with Gasteiger partial charge in [0.25, 0.3) is 11.8 Å².